The smallest absolute Gasteiger partial charge is 0.305 e. The van der Waals surface area contributed by atoms with Crippen LogP contribution in [0.25, 0.3) is 0 Å². The van der Waals surface area contributed by atoms with Gasteiger partial charge in [0.25, 0.3) is 5.91 Å². The minimum Gasteiger partial charge on any atom is -0.386 e. The van der Waals surface area contributed by atoms with Crippen LogP contribution in [0, 0.1) is 21.7 Å². The Hall–Kier alpha value is -2.09. The largest absolute Gasteiger partial charge is 0.386 e. The summed E-state index contributed by atoms with van der Waals surface area (Å²) in [5.41, 5.74) is -2.97. The fourth-order valence-corrected chi connectivity index (χ4v) is 2.07. The number of carbonyl (C=O) groups is 1. The second kappa shape index (κ2) is 4.78. The van der Waals surface area contributed by atoms with Gasteiger partial charge in [-0.15, -0.1) is 0 Å². The summed E-state index contributed by atoms with van der Waals surface area (Å²) in [7, 11) is 0. The zero-order valence-electron chi connectivity index (χ0n) is 10.6. The number of benzene rings is 1. The maximum atomic E-state index is 13.8. The van der Waals surface area contributed by atoms with Gasteiger partial charge in [0.15, 0.2) is 0 Å². The molecule has 1 N–H and O–H groups in total. The molecule has 6 nitrogen and oxygen atoms in total. The number of amides is 1. The van der Waals surface area contributed by atoms with Crippen molar-refractivity contribution in [3.63, 3.8) is 0 Å². The van der Waals surface area contributed by atoms with Gasteiger partial charge in [0.2, 0.25) is 5.82 Å². The van der Waals surface area contributed by atoms with Gasteiger partial charge < -0.3 is 10.0 Å². The summed E-state index contributed by atoms with van der Waals surface area (Å²) < 4.78 is 27.4. The summed E-state index contributed by atoms with van der Waals surface area (Å²) in [6.45, 7) is 1.62. The molecule has 0 aliphatic carbocycles. The highest BCUT2D eigenvalue weighted by molar-refractivity contribution is 5.96. The van der Waals surface area contributed by atoms with Crippen molar-refractivity contribution in [2.24, 2.45) is 0 Å². The van der Waals surface area contributed by atoms with Crippen LogP contribution in [0.5, 0.6) is 0 Å². The van der Waals surface area contributed by atoms with Crippen LogP contribution < -0.4 is 0 Å². The average molecular weight is 286 g/mol. The minimum absolute atomic E-state index is 0.0517. The highest BCUT2D eigenvalue weighted by Gasteiger charge is 2.44. The molecule has 108 valence electrons. The first kappa shape index (κ1) is 14.3. The molecule has 1 amide bonds. The number of nitro groups is 1. The number of hydrogen-bond acceptors (Lipinski definition) is 4. The van der Waals surface area contributed by atoms with E-state index in [9.17, 15) is 28.8 Å². The lowest BCUT2D eigenvalue weighted by Gasteiger charge is -2.46. The molecule has 0 bridgehead atoms. The predicted octanol–water partition coefficient (Wildman–Crippen LogP) is 1.47. The fourth-order valence-electron chi connectivity index (χ4n) is 2.07. The number of β-amino-alcohol motifs (C(OH)–C–C–N with tert-alkyl or cyclic N) is 1. The van der Waals surface area contributed by atoms with Crippen LogP contribution in [-0.4, -0.2) is 39.5 Å². The Morgan fingerprint density at radius 2 is 2.10 bits per heavy atom. The Labute approximate surface area is 112 Å². The van der Waals surface area contributed by atoms with E-state index in [4.69, 9.17) is 0 Å². The van der Waals surface area contributed by atoms with Crippen LogP contribution in [0.3, 0.4) is 0 Å². The quantitative estimate of drug-likeness (QED) is 0.673. The number of carbonyl (C=O) groups excluding carboxylic acids is 1. The van der Waals surface area contributed by atoms with Crippen LogP contribution in [0.1, 0.15) is 23.7 Å². The molecule has 1 aromatic carbocycles. The summed E-state index contributed by atoms with van der Waals surface area (Å²) in [5, 5.41) is 20.4. The molecule has 0 aromatic heterocycles. The highest BCUT2D eigenvalue weighted by atomic mass is 19.1. The van der Waals surface area contributed by atoms with Crippen molar-refractivity contribution >= 4 is 11.6 Å². The van der Waals surface area contributed by atoms with Gasteiger partial charge in [-0.05, 0) is 12.5 Å². The lowest BCUT2D eigenvalue weighted by molar-refractivity contribution is -0.387. The van der Waals surface area contributed by atoms with E-state index in [1.165, 1.54) is 0 Å². The van der Waals surface area contributed by atoms with Crippen LogP contribution in [0.15, 0.2) is 12.1 Å². The molecule has 0 unspecified atom stereocenters. The number of nitro benzene ring substituents is 1. The number of rotatable bonds is 3. The molecule has 1 saturated heterocycles. The summed E-state index contributed by atoms with van der Waals surface area (Å²) >= 11 is 0. The molecule has 2 rings (SSSR count). The molecule has 1 heterocycles. The molecule has 1 aromatic rings. The lowest BCUT2D eigenvalue weighted by Crippen LogP contribution is -2.63. The zero-order valence-corrected chi connectivity index (χ0v) is 10.6. The molecule has 20 heavy (non-hydrogen) atoms. The third-order valence-electron chi connectivity index (χ3n) is 3.40. The Balaban J connectivity index is 2.32. The van der Waals surface area contributed by atoms with E-state index in [0.717, 1.165) is 4.90 Å². The molecule has 0 saturated carbocycles. The SMILES string of the molecule is CCC1(O)CN(C(=O)c2c(F)ccc([N+](=O)[O-])c2F)C1. The summed E-state index contributed by atoms with van der Waals surface area (Å²) in [5.74, 6) is -3.65. The average Bonchev–Trinajstić information content (AvgIpc) is 2.34. The van der Waals surface area contributed by atoms with Gasteiger partial charge in [-0.2, -0.15) is 4.39 Å². The van der Waals surface area contributed by atoms with Crippen LogP contribution in [0.2, 0.25) is 0 Å². The number of likely N-dealkylation sites (tertiary alicyclic amines) is 1. The van der Waals surface area contributed by atoms with Gasteiger partial charge in [-0.3, -0.25) is 14.9 Å². The Bertz CT molecular complexity index is 585. The number of halogens is 2. The predicted molar refractivity (Wildman–Crippen MR) is 64.2 cm³/mol. The Morgan fingerprint density at radius 1 is 1.50 bits per heavy atom. The normalized spacial score (nSPS) is 16.7. The second-order valence-electron chi connectivity index (χ2n) is 4.75. The van der Waals surface area contributed by atoms with Crippen LogP contribution in [-0.2, 0) is 0 Å². The number of aliphatic hydroxyl groups is 1. The molecule has 1 fully saturated rings. The standard InChI is InChI=1S/C12H12F2N2O4/c1-2-12(18)5-15(6-12)11(17)9-7(13)3-4-8(10(9)14)16(19)20/h3-4,18H,2,5-6H2,1H3. The van der Waals surface area contributed by atoms with Gasteiger partial charge in [0.1, 0.15) is 11.4 Å². The summed E-state index contributed by atoms with van der Waals surface area (Å²) in [6, 6.07) is 1.35. The van der Waals surface area contributed by atoms with E-state index in [1.807, 2.05) is 0 Å². The third-order valence-corrected chi connectivity index (χ3v) is 3.40. The van der Waals surface area contributed by atoms with Gasteiger partial charge >= 0.3 is 5.69 Å². The van der Waals surface area contributed by atoms with E-state index < -0.39 is 39.3 Å². The molecule has 1 aliphatic heterocycles. The highest BCUT2D eigenvalue weighted by Crippen LogP contribution is 2.29. The molecule has 0 spiro atoms. The number of nitrogens with zero attached hydrogens (tertiary/aromatic N) is 2. The van der Waals surface area contributed by atoms with Crippen molar-refractivity contribution in [1.82, 2.24) is 4.90 Å². The van der Waals surface area contributed by atoms with Gasteiger partial charge in [-0.1, -0.05) is 6.92 Å². The minimum atomic E-state index is -1.49. The van der Waals surface area contributed by atoms with E-state index in [1.54, 1.807) is 6.92 Å². The van der Waals surface area contributed by atoms with Crippen molar-refractivity contribution < 1.29 is 23.6 Å². The lowest BCUT2D eigenvalue weighted by atomic mass is 9.90. The second-order valence-corrected chi connectivity index (χ2v) is 4.75. The van der Waals surface area contributed by atoms with Crippen LogP contribution in [0.4, 0.5) is 14.5 Å². The van der Waals surface area contributed by atoms with Crippen molar-refractivity contribution in [2.45, 2.75) is 18.9 Å². The Morgan fingerprint density at radius 3 is 2.60 bits per heavy atom. The van der Waals surface area contributed by atoms with Crippen molar-refractivity contribution in [2.75, 3.05) is 13.1 Å². The zero-order chi connectivity index (χ0) is 15.1. The van der Waals surface area contributed by atoms with Gasteiger partial charge in [-0.25, -0.2) is 4.39 Å². The van der Waals surface area contributed by atoms with Crippen molar-refractivity contribution in [1.29, 1.82) is 0 Å². The fraction of sp³-hybridized carbons (Fsp3) is 0.417. The Kier molecular flexibility index (Phi) is 3.43. The van der Waals surface area contributed by atoms with Crippen molar-refractivity contribution in [3.8, 4) is 0 Å². The first-order chi connectivity index (χ1) is 9.29. The van der Waals surface area contributed by atoms with E-state index >= 15 is 0 Å². The topological polar surface area (TPSA) is 83.7 Å². The van der Waals surface area contributed by atoms with E-state index in [0.29, 0.717) is 18.6 Å². The van der Waals surface area contributed by atoms with Gasteiger partial charge in [0, 0.05) is 6.07 Å². The maximum absolute atomic E-state index is 13.8. The van der Waals surface area contributed by atoms with E-state index in [-0.39, 0.29) is 13.1 Å². The van der Waals surface area contributed by atoms with Crippen molar-refractivity contribution in [3.05, 3.63) is 39.4 Å². The third kappa shape index (κ3) is 2.22. The summed E-state index contributed by atoms with van der Waals surface area (Å²) in [6.07, 6.45) is 0.399. The molecule has 0 atom stereocenters. The first-order valence-electron chi connectivity index (χ1n) is 5.93. The summed E-state index contributed by atoms with van der Waals surface area (Å²) in [4.78, 5) is 22.6. The first-order valence-corrected chi connectivity index (χ1v) is 5.93. The number of hydrogen-bond donors (Lipinski definition) is 1. The monoisotopic (exact) mass is 286 g/mol. The van der Waals surface area contributed by atoms with Crippen LogP contribution >= 0.6 is 0 Å². The molecule has 1 aliphatic rings. The molecular formula is C12H12F2N2O4. The maximum Gasteiger partial charge on any atom is 0.305 e. The van der Waals surface area contributed by atoms with E-state index in [2.05, 4.69) is 0 Å². The van der Waals surface area contributed by atoms with Gasteiger partial charge in [0.05, 0.1) is 23.6 Å². The molecule has 8 heteroatoms. The molecule has 0 radical (unpaired) electrons. The molecular weight excluding hydrogens is 274 g/mol.